The first-order chi connectivity index (χ1) is 13.0. The average molecular weight is 369 g/mol. The van der Waals surface area contributed by atoms with Gasteiger partial charge in [-0.25, -0.2) is 4.98 Å². The molecule has 0 aliphatic rings. The Kier molecular flexibility index (Phi) is 5.54. The minimum atomic E-state index is -0.233. The number of anilines is 1. The lowest BCUT2D eigenvalue weighted by Gasteiger charge is -2.22. The molecule has 2 aromatic heterocycles. The van der Waals surface area contributed by atoms with Gasteiger partial charge in [-0.15, -0.1) is 0 Å². The van der Waals surface area contributed by atoms with Crippen molar-refractivity contribution in [1.29, 1.82) is 0 Å². The fourth-order valence-electron chi connectivity index (χ4n) is 2.82. The summed E-state index contributed by atoms with van der Waals surface area (Å²) in [6, 6.07) is 8.78. The summed E-state index contributed by atoms with van der Waals surface area (Å²) < 4.78 is 6.74. The smallest absolute Gasteiger partial charge is 0.274 e. The van der Waals surface area contributed by atoms with E-state index in [0.29, 0.717) is 30.3 Å². The monoisotopic (exact) mass is 369 g/mol. The van der Waals surface area contributed by atoms with E-state index in [1.165, 1.54) is 10.6 Å². The molecule has 27 heavy (non-hydrogen) atoms. The van der Waals surface area contributed by atoms with Crippen molar-refractivity contribution < 1.29 is 9.53 Å². The van der Waals surface area contributed by atoms with Gasteiger partial charge in [-0.1, -0.05) is 6.92 Å². The first kappa shape index (κ1) is 18.6. The molecule has 3 rings (SSSR count). The van der Waals surface area contributed by atoms with Crippen molar-refractivity contribution in [3.05, 3.63) is 52.2 Å². The van der Waals surface area contributed by atoms with E-state index in [-0.39, 0.29) is 18.0 Å². The van der Waals surface area contributed by atoms with Crippen LogP contribution in [0.3, 0.4) is 0 Å². The highest BCUT2D eigenvalue weighted by Gasteiger charge is 2.18. The van der Waals surface area contributed by atoms with Crippen molar-refractivity contribution in [3.8, 4) is 5.75 Å². The topological polar surface area (TPSA) is 92.6 Å². The molecule has 0 atom stereocenters. The second-order valence-electron chi connectivity index (χ2n) is 6.20. The van der Waals surface area contributed by atoms with Crippen molar-refractivity contribution in [1.82, 2.24) is 19.6 Å². The van der Waals surface area contributed by atoms with E-state index in [9.17, 15) is 9.59 Å². The second kappa shape index (κ2) is 8.03. The van der Waals surface area contributed by atoms with Gasteiger partial charge in [-0.3, -0.25) is 14.7 Å². The van der Waals surface area contributed by atoms with E-state index >= 15 is 0 Å². The Morgan fingerprint density at radius 2 is 1.96 bits per heavy atom. The quantitative estimate of drug-likeness (QED) is 0.691. The van der Waals surface area contributed by atoms with Crippen molar-refractivity contribution >= 4 is 17.4 Å². The number of hydrogen-bond donors (Lipinski definition) is 1. The number of benzene rings is 1. The summed E-state index contributed by atoms with van der Waals surface area (Å²) in [7, 11) is 0. The molecule has 1 aromatic carbocycles. The van der Waals surface area contributed by atoms with Gasteiger partial charge in [0.25, 0.3) is 11.3 Å². The number of fused-ring (bicyclic) bond motifs is 1. The molecule has 3 aromatic rings. The van der Waals surface area contributed by atoms with E-state index in [1.807, 2.05) is 38.1 Å². The highest BCUT2D eigenvalue weighted by Crippen LogP contribution is 2.22. The number of ether oxygens (including phenoxy) is 1. The van der Waals surface area contributed by atoms with Crippen molar-refractivity contribution in [3.63, 3.8) is 0 Å². The zero-order valence-corrected chi connectivity index (χ0v) is 15.7. The summed E-state index contributed by atoms with van der Waals surface area (Å²) in [5.41, 5.74) is 1.11. The Bertz CT molecular complexity index is 991. The normalized spacial score (nSPS) is 10.9. The van der Waals surface area contributed by atoms with Gasteiger partial charge in [0.2, 0.25) is 5.91 Å². The third kappa shape index (κ3) is 4.16. The Morgan fingerprint density at radius 3 is 2.63 bits per heavy atom. The number of carbonyl (C=O) groups excluding carboxylic acids is 1. The average Bonchev–Trinajstić information content (AvgIpc) is 3.04. The first-order valence-corrected chi connectivity index (χ1v) is 9.00. The molecule has 142 valence electrons. The van der Waals surface area contributed by atoms with Gasteiger partial charge in [0, 0.05) is 23.9 Å². The summed E-state index contributed by atoms with van der Waals surface area (Å²) >= 11 is 0. The Labute approximate surface area is 156 Å². The van der Waals surface area contributed by atoms with Gasteiger partial charge in [-0.05, 0) is 44.5 Å². The summed E-state index contributed by atoms with van der Waals surface area (Å²) in [5, 5.41) is 2.93. The molecule has 8 heteroatoms. The van der Waals surface area contributed by atoms with Gasteiger partial charge in [0.1, 0.15) is 11.6 Å². The van der Waals surface area contributed by atoms with Crippen LogP contribution in [0.5, 0.6) is 5.75 Å². The molecule has 0 bridgehead atoms. The Hall–Kier alpha value is -3.16. The molecule has 2 heterocycles. The number of nitrogens with zero attached hydrogens (tertiary/aromatic N) is 4. The predicted molar refractivity (Wildman–Crippen MR) is 102 cm³/mol. The molecule has 8 nitrogen and oxygen atoms in total. The lowest BCUT2D eigenvalue weighted by Crippen LogP contribution is -2.30. The molecule has 0 unspecified atom stereocenters. The number of H-pyrrole nitrogens is 1. The lowest BCUT2D eigenvalue weighted by atomic mass is 10.2. The van der Waals surface area contributed by atoms with Gasteiger partial charge in [0.05, 0.1) is 13.2 Å². The zero-order chi connectivity index (χ0) is 19.4. The van der Waals surface area contributed by atoms with E-state index in [2.05, 4.69) is 15.1 Å². The predicted octanol–water partition coefficient (Wildman–Crippen LogP) is 2.46. The first-order valence-electron chi connectivity index (χ1n) is 9.00. The van der Waals surface area contributed by atoms with Crippen molar-refractivity contribution in [2.24, 2.45) is 0 Å². The van der Waals surface area contributed by atoms with Crippen LogP contribution in [0.25, 0.3) is 5.78 Å². The van der Waals surface area contributed by atoms with Crippen LogP contribution in [-0.4, -0.2) is 32.1 Å². The van der Waals surface area contributed by atoms with Crippen LogP contribution in [0, 0.1) is 6.92 Å². The standard InChI is InChI=1S/C19H23N5O3/c1-4-6-17(25)23(14-7-9-15(10-8-14)27-5-2)12-16-21-19-20-13(3)11-18(26)24(19)22-16/h7-11H,4-6,12H2,1-3H3,(H,20,21,22). The van der Waals surface area contributed by atoms with E-state index in [4.69, 9.17) is 4.74 Å². The molecule has 1 N–H and O–H groups in total. The summed E-state index contributed by atoms with van der Waals surface area (Å²) in [6.45, 7) is 6.42. The highest BCUT2D eigenvalue weighted by atomic mass is 16.5. The molecular weight excluding hydrogens is 346 g/mol. The molecule has 0 aliphatic carbocycles. The van der Waals surface area contributed by atoms with Crippen LogP contribution in [-0.2, 0) is 11.3 Å². The van der Waals surface area contributed by atoms with Crippen LogP contribution in [0.1, 0.15) is 38.2 Å². The summed E-state index contributed by atoms with van der Waals surface area (Å²) in [5.74, 6) is 1.52. The van der Waals surface area contributed by atoms with Gasteiger partial charge >= 0.3 is 0 Å². The van der Waals surface area contributed by atoms with Gasteiger partial charge in [0.15, 0.2) is 0 Å². The number of amides is 1. The highest BCUT2D eigenvalue weighted by molar-refractivity contribution is 5.93. The Balaban J connectivity index is 1.93. The number of nitrogens with one attached hydrogen (secondary N) is 1. The Morgan fingerprint density at radius 1 is 1.22 bits per heavy atom. The molecule has 0 radical (unpaired) electrons. The largest absolute Gasteiger partial charge is 0.494 e. The minimum Gasteiger partial charge on any atom is -0.494 e. The van der Waals surface area contributed by atoms with Crippen LogP contribution in [0.15, 0.2) is 35.1 Å². The fourth-order valence-corrected chi connectivity index (χ4v) is 2.82. The summed E-state index contributed by atoms with van der Waals surface area (Å²) in [4.78, 5) is 35.0. The molecule has 0 spiro atoms. The maximum Gasteiger partial charge on any atom is 0.274 e. The molecule has 0 saturated carbocycles. The number of carbonyl (C=O) groups is 1. The maximum atomic E-state index is 12.7. The third-order valence-corrected chi connectivity index (χ3v) is 4.04. The van der Waals surface area contributed by atoms with Crippen molar-refractivity contribution in [2.45, 2.75) is 40.2 Å². The molecule has 1 amide bonds. The van der Waals surface area contributed by atoms with E-state index in [1.54, 1.807) is 11.8 Å². The fraction of sp³-hybridized carbons (Fsp3) is 0.368. The van der Waals surface area contributed by atoms with Crippen molar-refractivity contribution in [2.75, 3.05) is 11.5 Å². The number of aryl methyl sites for hydroxylation is 1. The number of hydrogen-bond acceptors (Lipinski definition) is 5. The molecular formula is C19H23N5O3. The number of aromatic amines is 1. The van der Waals surface area contributed by atoms with Crippen LogP contribution in [0.4, 0.5) is 5.69 Å². The van der Waals surface area contributed by atoms with E-state index in [0.717, 1.165) is 17.9 Å². The molecule has 0 aliphatic heterocycles. The number of aromatic nitrogens is 4. The minimum absolute atomic E-state index is 0.0152. The zero-order valence-electron chi connectivity index (χ0n) is 15.7. The SMILES string of the molecule is CCCC(=O)N(Cc1nc2nc(C)cc(=O)n2[nH]1)c1ccc(OCC)cc1. The van der Waals surface area contributed by atoms with E-state index < -0.39 is 0 Å². The second-order valence-corrected chi connectivity index (χ2v) is 6.20. The molecule has 0 saturated heterocycles. The number of rotatable bonds is 7. The molecule has 0 fully saturated rings. The van der Waals surface area contributed by atoms with Crippen LogP contribution in [0.2, 0.25) is 0 Å². The lowest BCUT2D eigenvalue weighted by molar-refractivity contribution is -0.118. The van der Waals surface area contributed by atoms with Crippen LogP contribution < -0.4 is 15.2 Å². The summed E-state index contributed by atoms with van der Waals surface area (Å²) in [6.07, 6.45) is 1.16. The van der Waals surface area contributed by atoms with Crippen LogP contribution >= 0.6 is 0 Å². The van der Waals surface area contributed by atoms with Gasteiger partial charge < -0.3 is 9.64 Å². The van der Waals surface area contributed by atoms with Gasteiger partial charge in [-0.2, -0.15) is 9.50 Å². The third-order valence-electron chi connectivity index (χ3n) is 4.04. The maximum absolute atomic E-state index is 12.7.